The molecule has 2 N–H and O–H groups in total. The number of fused-ring (bicyclic) bond motifs is 1. The Morgan fingerprint density at radius 1 is 1.33 bits per heavy atom. The minimum atomic E-state index is 0.0365. The number of nitrogens with zero attached hydrogens (tertiary/aromatic N) is 1. The number of carbonyl (C=O) groups excluding carboxylic acids is 1. The third kappa shape index (κ3) is 2.71. The van der Waals surface area contributed by atoms with Crippen LogP contribution in [0, 0.1) is 23.2 Å². The van der Waals surface area contributed by atoms with Crippen molar-refractivity contribution in [1.29, 1.82) is 0 Å². The van der Waals surface area contributed by atoms with Crippen molar-refractivity contribution in [1.82, 2.24) is 4.90 Å². The molecule has 0 spiro atoms. The molecular formula is C15H28N2O. The molecule has 2 unspecified atom stereocenters. The van der Waals surface area contributed by atoms with Gasteiger partial charge in [0.1, 0.15) is 0 Å². The zero-order valence-corrected chi connectivity index (χ0v) is 12.1. The first-order chi connectivity index (χ1) is 8.50. The van der Waals surface area contributed by atoms with Crippen molar-refractivity contribution in [3.63, 3.8) is 0 Å². The summed E-state index contributed by atoms with van der Waals surface area (Å²) in [4.78, 5) is 14.7. The molecule has 3 heteroatoms. The molecule has 2 fully saturated rings. The highest BCUT2D eigenvalue weighted by Gasteiger charge is 2.57. The fraction of sp³-hybridized carbons (Fsp3) is 0.933. The van der Waals surface area contributed by atoms with Crippen molar-refractivity contribution in [2.24, 2.45) is 28.9 Å². The van der Waals surface area contributed by atoms with Gasteiger partial charge in [0, 0.05) is 19.0 Å². The number of carbonyl (C=O) groups is 1. The van der Waals surface area contributed by atoms with E-state index in [0.29, 0.717) is 18.4 Å². The lowest BCUT2D eigenvalue weighted by molar-refractivity contribution is -0.134. The Bertz CT molecular complexity index is 304. The largest absolute Gasteiger partial charge is 0.342 e. The minimum Gasteiger partial charge on any atom is -0.342 e. The number of hydrogen-bond donors (Lipinski definition) is 1. The Morgan fingerprint density at radius 2 is 1.94 bits per heavy atom. The van der Waals surface area contributed by atoms with Crippen molar-refractivity contribution in [3.8, 4) is 0 Å². The summed E-state index contributed by atoms with van der Waals surface area (Å²) in [5.41, 5.74) is 5.83. The molecule has 2 aliphatic rings. The van der Waals surface area contributed by atoms with Crippen LogP contribution < -0.4 is 5.73 Å². The van der Waals surface area contributed by atoms with E-state index in [2.05, 4.69) is 25.7 Å². The zero-order chi connectivity index (χ0) is 13.3. The van der Waals surface area contributed by atoms with Crippen LogP contribution in [0.25, 0.3) is 0 Å². The summed E-state index contributed by atoms with van der Waals surface area (Å²) in [6.45, 7) is 8.78. The Balaban J connectivity index is 1.95. The Kier molecular flexibility index (Phi) is 4.00. The normalized spacial score (nSPS) is 30.1. The minimum absolute atomic E-state index is 0.0365. The van der Waals surface area contributed by atoms with Crippen molar-refractivity contribution in [2.75, 3.05) is 19.6 Å². The maximum absolute atomic E-state index is 12.6. The molecule has 3 nitrogen and oxygen atoms in total. The molecule has 0 aromatic rings. The molecule has 0 radical (unpaired) electrons. The molecule has 1 amide bonds. The second kappa shape index (κ2) is 5.20. The van der Waals surface area contributed by atoms with Crippen molar-refractivity contribution >= 4 is 5.91 Å². The van der Waals surface area contributed by atoms with Crippen LogP contribution >= 0.6 is 0 Å². The average Bonchev–Trinajstić information content (AvgIpc) is 2.80. The predicted octanol–water partition coefficient (Wildman–Crippen LogP) is 2.26. The van der Waals surface area contributed by atoms with E-state index in [1.165, 1.54) is 19.3 Å². The number of nitrogens with two attached hydrogens (primary N) is 1. The molecule has 2 aliphatic carbocycles. The first-order valence-corrected chi connectivity index (χ1v) is 7.49. The third-order valence-corrected chi connectivity index (χ3v) is 4.67. The molecule has 104 valence electrons. The second-order valence-electron chi connectivity index (χ2n) is 6.91. The van der Waals surface area contributed by atoms with Crippen molar-refractivity contribution < 1.29 is 4.79 Å². The van der Waals surface area contributed by atoms with Crippen LogP contribution in [0.1, 0.15) is 46.5 Å². The zero-order valence-electron chi connectivity index (χ0n) is 12.1. The lowest BCUT2D eigenvalue weighted by Gasteiger charge is -2.32. The average molecular weight is 252 g/mol. The van der Waals surface area contributed by atoms with Crippen LogP contribution in [0.2, 0.25) is 0 Å². The van der Waals surface area contributed by atoms with Crippen LogP contribution in [-0.4, -0.2) is 30.4 Å². The van der Waals surface area contributed by atoms with E-state index in [1.54, 1.807) is 0 Å². The summed E-state index contributed by atoms with van der Waals surface area (Å²) in [6, 6.07) is 0. The van der Waals surface area contributed by atoms with Gasteiger partial charge in [-0.1, -0.05) is 27.2 Å². The van der Waals surface area contributed by atoms with Gasteiger partial charge in [0.05, 0.1) is 0 Å². The van der Waals surface area contributed by atoms with Crippen LogP contribution in [0.15, 0.2) is 0 Å². The predicted molar refractivity (Wildman–Crippen MR) is 74.0 cm³/mol. The molecule has 0 saturated heterocycles. The highest BCUT2D eigenvalue weighted by molar-refractivity contribution is 5.82. The first-order valence-electron chi connectivity index (χ1n) is 7.49. The van der Waals surface area contributed by atoms with Gasteiger partial charge in [0.2, 0.25) is 5.91 Å². The molecule has 2 rings (SSSR count). The molecule has 0 heterocycles. The van der Waals surface area contributed by atoms with E-state index in [-0.39, 0.29) is 5.41 Å². The molecule has 0 aromatic carbocycles. The Hall–Kier alpha value is -0.570. The van der Waals surface area contributed by atoms with Gasteiger partial charge in [-0.15, -0.1) is 0 Å². The molecule has 2 saturated carbocycles. The second-order valence-corrected chi connectivity index (χ2v) is 6.91. The van der Waals surface area contributed by atoms with E-state index in [1.807, 2.05) is 0 Å². The van der Waals surface area contributed by atoms with Gasteiger partial charge in [-0.3, -0.25) is 4.79 Å². The van der Waals surface area contributed by atoms with Crippen LogP contribution in [0.3, 0.4) is 0 Å². The van der Waals surface area contributed by atoms with Gasteiger partial charge in [0.25, 0.3) is 0 Å². The van der Waals surface area contributed by atoms with Crippen molar-refractivity contribution in [3.05, 3.63) is 0 Å². The molecule has 0 bridgehead atoms. The molecule has 0 aliphatic heterocycles. The Morgan fingerprint density at radius 3 is 2.44 bits per heavy atom. The van der Waals surface area contributed by atoms with Gasteiger partial charge in [-0.25, -0.2) is 0 Å². The monoisotopic (exact) mass is 252 g/mol. The topological polar surface area (TPSA) is 46.3 Å². The highest BCUT2D eigenvalue weighted by atomic mass is 16.2. The van der Waals surface area contributed by atoms with E-state index >= 15 is 0 Å². The first kappa shape index (κ1) is 13.9. The van der Waals surface area contributed by atoms with Crippen LogP contribution in [-0.2, 0) is 4.79 Å². The summed E-state index contributed by atoms with van der Waals surface area (Å²) in [6.07, 6.45) is 4.93. The van der Waals surface area contributed by atoms with E-state index < -0.39 is 0 Å². The summed E-state index contributed by atoms with van der Waals surface area (Å²) in [7, 11) is 0. The molecular weight excluding hydrogens is 224 g/mol. The molecule has 2 atom stereocenters. The van der Waals surface area contributed by atoms with E-state index in [9.17, 15) is 4.79 Å². The lowest BCUT2D eigenvalue weighted by Crippen LogP contribution is -2.43. The summed E-state index contributed by atoms with van der Waals surface area (Å²) in [5.74, 6) is 2.21. The SMILES string of the molecule is CCCN(CC(C)(C)CN)C(=O)C1C2CCCC21. The Labute approximate surface area is 111 Å². The quantitative estimate of drug-likeness (QED) is 0.788. The van der Waals surface area contributed by atoms with Gasteiger partial charge in [-0.2, -0.15) is 0 Å². The summed E-state index contributed by atoms with van der Waals surface area (Å²) < 4.78 is 0. The number of hydrogen-bond acceptors (Lipinski definition) is 2. The maximum atomic E-state index is 12.6. The van der Waals surface area contributed by atoms with Crippen molar-refractivity contribution in [2.45, 2.75) is 46.5 Å². The smallest absolute Gasteiger partial charge is 0.226 e. The van der Waals surface area contributed by atoms with Gasteiger partial charge < -0.3 is 10.6 Å². The lowest BCUT2D eigenvalue weighted by atomic mass is 9.92. The summed E-state index contributed by atoms with van der Waals surface area (Å²) in [5, 5.41) is 0. The van der Waals surface area contributed by atoms with Gasteiger partial charge in [-0.05, 0) is 43.1 Å². The fourth-order valence-corrected chi connectivity index (χ4v) is 3.52. The standard InChI is InChI=1S/C15H28N2O/c1-4-8-17(10-15(2,3)9-16)14(18)13-11-6-5-7-12(11)13/h11-13H,4-10,16H2,1-3H3. The van der Waals surface area contributed by atoms with Crippen LogP contribution in [0.5, 0.6) is 0 Å². The summed E-state index contributed by atoms with van der Waals surface area (Å²) >= 11 is 0. The molecule has 0 aromatic heterocycles. The number of amides is 1. The maximum Gasteiger partial charge on any atom is 0.226 e. The van der Waals surface area contributed by atoms with E-state index in [0.717, 1.165) is 31.3 Å². The van der Waals surface area contributed by atoms with Gasteiger partial charge >= 0.3 is 0 Å². The third-order valence-electron chi connectivity index (χ3n) is 4.67. The number of rotatable bonds is 6. The van der Waals surface area contributed by atoms with E-state index in [4.69, 9.17) is 5.73 Å². The fourth-order valence-electron chi connectivity index (χ4n) is 3.52. The van der Waals surface area contributed by atoms with Gasteiger partial charge in [0.15, 0.2) is 0 Å². The highest BCUT2D eigenvalue weighted by Crippen LogP contribution is 2.58. The molecule has 18 heavy (non-hydrogen) atoms. The van der Waals surface area contributed by atoms with Crippen LogP contribution in [0.4, 0.5) is 0 Å².